The Hall–Kier alpha value is -1.22. The molecule has 78 valence electrons. The summed E-state index contributed by atoms with van der Waals surface area (Å²) in [4.78, 5) is 4.32. The first kappa shape index (κ1) is 9.04. The minimum Gasteiger partial charge on any atom is -0.464 e. The summed E-state index contributed by atoms with van der Waals surface area (Å²) in [6.45, 7) is 0. The van der Waals surface area contributed by atoms with Gasteiger partial charge in [0.1, 0.15) is 11.4 Å². The Labute approximate surface area is 92.4 Å². The van der Waals surface area contributed by atoms with Gasteiger partial charge in [-0.05, 0) is 25.0 Å². The second-order valence-electron chi connectivity index (χ2n) is 4.03. The topological polar surface area (TPSA) is 38.1 Å². The van der Waals surface area contributed by atoms with E-state index in [4.69, 9.17) is 16.0 Å². The molecule has 1 fully saturated rings. The highest BCUT2D eigenvalue weighted by Crippen LogP contribution is 2.40. The van der Waals surface area contributed by atoms with Crippen LogP contribution in [0.15, 0.2) is 29.0 Å². The van der Waals surface area contributed by atoms with Crippen molar-refractivity contribution in [1.82, 2.24) is 4.98 Å². The molecule has 0 radical (unpaired) electrons. The van der Waals surface area contributed by atoms with E-state index in [-0.39, 0.29) is 5.54 Å². The molecule has 0 aromatic carbocycles. The van der Waals surface area contributed by atoms with Gasteiger partial charge < -0.3 is 9.73 Å². The summed E-state index contributed by atoms with van der Waals surface area (Å²) in [5, 5.41) is 4.43. The predicted molar refractivity (Wildman–Crippen MR) is 60.3 cm³/mol. The van der Waals surface area contributed by atoms with Crippen LogP contribution >= 0.6 is 11.6 Å². The fourth-order valence-corrected chi connectivity index (χ4v) is 2.02. The number of fused-ring (bicyclic) bond motifs is 1. The van der Waals surface area contributed by atoms with Gasteiger partial charge in [-0.15, -0.1) is 11.6 Å². The van der Waals surface area contributed by atoms with Crippen molar-refractivity contribution in [2.75, 3.05) is 11.2 Å². The number of hydrogen-bond donors (Lipinski definition) is 1. The van der Waals surface area contributed by atoms with Crippen LogP contribution in [-0.2, 0) is 0 Å². The smallest absolute Gasteiger partial charge is 0.139 e. The van der Waals surface area contributed by atoms with Crippen molar-refractivity contribution >= 4 is 28.4 Å². The van der Waals surface area contributed by atoms with Gasteiger partial charge in [0.05, 0.1) is 17.2 Å². The molecule has 0 spiro atoms. The third-order valence-corrected chi connectivity index (χ3v) is 3.38. The standard InChI is InChI=1S/C11H11ClN2O/c12-7-11(3-4-11)14-10-8-2-6-15-9(8)1-5-13-10/h1-2,5-6H,3-4,7H2,(H,13,14). The molecule has 0 atom stereocenters. The van der Waals surface area contributed by atoms with Crippen LogP contribution in [0.5, 0.6) is 0 Å². The number of pyridine rings is 1. The summed E-state index contributed by atoms with van der Waals surface area (Å²) >= 11 is 5.92. The molecule has 15 heavy (non-hydrogen) atoms. The van der Waals surface area contributed by atoms with Crippen LogP contribution in [0.25, 0.3) is 11.0 Å². The first-order valence-corrected chi connectivity index (χ1v) is 5.53. The van der Waals surface area contributed by atoms with Gasteiger partial charge in [0.2, 0.25) is 0 Å². The van der Waals surface area contributed by atoms with E-state index >= 15 is 0 Å². The van der Waals surface area contributed by atoms with E-state index in [9.17, 15) is 0 Å². The molecule has 0 aliphatic heterocycles. The lowest BCUT2D eigenvalue weighted by Gasteiger charge is -2.14. The third kappa shape index (κ3) is 1.47. The summed E-state index contributed by atoms with van der Waals surface area (Å²) in [5.74, 6) is 1.50. The fourth-order valence-electron chi connectivity index (χ4n) is 1.69. The van der Waals surface area contributed by atoms with Crippen LogP contribution in [0.1, 0.15) is 12.8 Å². The van der Waals surface area contributed by atoms with Gasteiger partial charge in [0.25, 0.3) is 0 Å². The fraction of sp³-hybridized carbons (Fsp3) is 0.364. The predicted octanol–water partition coefficient (Wildman–Crippen LogP) is 3.01. The molecule has 0 saturated heterocycles. The number of halogens is 1. The maximum atomic E-state index is 5.92. The van der Waals surface area contributed by atoms with Gasteiger partial charge >= 0.3 is 0 Å². The van der Waals surface area contributed by atoms with Crippen molar-refractivity contribution in [2.45, 2.75) is 18.4 Å². The highest BCUT2D eigenvalue weighted by atomic mass is 35.5. The van der Waals surface area contributed by atoms with Crippen LogP contribution in [0, 0.1) is 0 Å². The maximum Gasteiger partial charge on any atom is 0.139 e. The van der Waals surface area contributed by atoms with Gasteiger partial charge in [-0.1, -0.05) is 0 Å². The molecule has 0 unspecified atom stereocenters. The van der Waals surface area contributed by atoms with Crippen LogP contribution in [0.2, 0.25) is 0 Å². The number of alkyl halides is 1. The first-order chi connectivity index (χ1) is 7.33. The average molecular weight is 223 g/mol. The number of hydrogen-bond acceptors (Lipinski definition) is 3. The van der Waals surface area contributed by atoms with E-state index in [0.29, 0.717) is 5.88 Å². The van der Waals surface area contributed by atoms with Gasteiger partial charge in [0.15, 0.2) is 0 Å². The Morgan fingerprint density at radius 2 is 2.33 bits per heavy atom. The number of nitrogens with one attached hydrogen (secondary N) is 1. The van der Waals surface area contributed by atoms with Gasteiger partial charge in [-0.25, -0.2) is 4.98 Å². The van der Waals surface area contributed by atoms with E-state index in [1.165, 1.54) is 0 Å². The SMILES string of the molecule is ClCC1(Nc2nccc3occc23)CC1. The first-order valence-electron chi connectivity index (χ1n) is 4.99. The zero-order valence-electron chi connectivity index (χ0n) is 8.16. The molecule has 2 aromatic heterocycles. The summed E-state index contributed by atoms with van der Waals surface area (Å²) in [6, 6.07) is 3.79. The van der Waals surface area contributed by atoms with Crippen LogP contribution in [0.4, 0.5) is 5.82 Å². The monoisotopic (exact) mass is 222 g/mol. The molecular formula is C11H11ClN2O. The highest BCUT2D eigenvalue weighted by molar-refractivity contribution is 6.19. The van der Waals surface area contributed by atoms with Crippen molar-refractivity contribution in [2.24, 2.45) is 0 Å². The zero-order chi connectivity index (χ0) is 10.3. The van der Waals surface area contributed by atoms with Crippen molar-refractivity contribution in [1.29, 1.82) is 0 Å². The van der Waals surface area contributed by atoms with Crippen LogP contribution < -0.4 is 5.32 Å². The average Bonchev–Trinajstić information content (AvgIpc) is 2.87. The van der Waals surface area contributed by atoms with Crippen molar-refractivity contribution in [3.8, 4) is 0 Å². The summed E-state index contributed by atoms with van der Waals surface area (Å²) in [5.41, 5.74) is 0.929. The minimum atomic E-state index is 0.0696. The van der Waals surface area contributed by atoms with Crippen molar-refractivity contribution < 1.29 is 4.42 Å². The number of nitrogens with zero attached hydrogens (tertiary/aromatic N) is 1. The van der Waals surface area contributed by atoms with E-state index in [1.54, 1.807) is 12.5 Å². The van der Waals surface area contributed by atoms with E-state index in [2.05, 4.69) is 10.3 Å². The minimum absolute atomic E-state index is 0.0696. The molecule has 4 heteroatoms. The molecule has 0 bridgehead atoms. The molecule has 1 N–H and O–H groups in total. The largest absolute Gasteiger partial charge is 0.464 e. The second-order valence-corrected chi connectivity index (χ2v) is 4.30. The Morgan fingerprint density at radius 1 is 1.47 bits per heavy atom. The lowest BCUT2D eigenvalue weighted by atomic mass is 10.2. The van der Waals surface area contributed by atoms with Crippen molar-refractivity contribution in [3.63, 3.8) is 0 Å². The Balaban J connectivity index is 2.00. The maximum absolute atomic E-state index is 5.92. The molecule has 3 nitrogen and oxygen atoms in total. The Kier molecular flexibility index (Phi) is 1.89. The van der Waals surface area contributed by atoms with Crippen LogP contribution in [-0.4, -0.2) is 16.4 Å². The van der Waals surface area contributed by atoms with Gasteiger partial charge in [-0.3, -0.25) is 0 Å². The van der Waals surface area contributed by atoms with Crippen molar-refractivity contribution in [3.05, 3.63) is 24.6 Å². The molecular weight excluding hydrogens is 212 g/mol. The van der Waals surface area contributed by atoms with Gasteiger partial charge in [-0.2, -0.15) is 0 Å². The normalized spacial score (nSPS) is 17.9. The lowest BCUT2D eigenvalue weighted by Crippen LogP contribution is -2.23. The molecule has 3 rings (SSSR count). The molecule has 1 saturated carbocycles. The summed E-state index contributed by atoms with van der Waals surface area (Å²) in [7, 11) is 0. The van der Waals surface area contributed by atoms with E-state index in [1.807, 2.05) is 12.1 Å². The third-order valence-electron chi connectivity index (χ3n) is 2.87. The second kappa shape index (κ2) is 3.14. The molecule has 0 amide bonds. The molecule has 2 heterocycles. The highest BCUT2D eigenvalue weighted by Gasteiger charge is 2.42. The summed E-state index contributed by atoms with van der Waals surface area (Å²) < 4.78 is 5.31. The number of anilines is 1. The van der Waals surface area contributed by atoms with E-state index in [0.717, 1.165) is 29.6 Å². The van der Waals surface area contributed by atoms with Crippen LogP contribution in [0.3, 0.4) is 0 Å². The number of rotatable bonds is 3. The lowest BCUT2D eigenvalue weighted by molar-refractivity contribution is 0.615. The molecule has 1 aliphatic carbocycles. The Bertz CT molecular complexity index is 490. The molecule has 2 aromatic rings. The van der Waals surface area contributed by atoms with E-state index < -0.39 is 0 Å². The number of furan rings is 1. The quantitative estimate of drug-likeness (QED) is 0.812. The zero-order valence-corrected chi connectivity index (χ0v) is 8.92. The summed E-state index contributed by atoms with van der Waals surface area (Å²) in [6.07, 6.45) is 5.66. The Morgan fingerprint density at radius 3 is 3.07 bits per heavy atom. The van der Waals surface area contributed by atoms with Gasteiger partial charge in [0, 0.05) is 12.1 Å². The number of aromatic nitrogens is 1. The molecule has 1 aliphatic rings.